The van der Waals surface area contributed by atoms with E-state index in [4.69, 9.17) is 5.73 Å². The van der Waals surface area contributed by atoms with Crippen LogP contribution in [0, 0.1) is 0 Å². The van der Waals surface area contributed by atoms with E-state index in [0.29, 0.717) is 0 Å². The van der Waals surface area contributed by atoms with Crippen molar-refractivity contribution < 1.29 is 9.90 Å². The lowest BCUT2D eigenvalue weighted by Gasteiger charge is -2.38. The number of thioether (sulfide) groups is 2. The first-order valence-electron chi connectivity index (χ1n) is 5.95. The van der Waals surface area contributed by atoms with Gasteiger partial charge >= 0.3 is 5.97 Å². The van der Waals surface area contributed by atoms with Crippen LogP contribution in [0.2, 0.25) is 0 Å². The smallest absolute Gasteiger partial charge is 0.335 e. The lowest BCUT2D eigenvalue weighted by Crippen LogP contribution is -2.57. The molecule has 0 bridgehead atoms. The highest BCUT2D eigenvalue weighted by Crippen LogP contribution is 2.43. The first-order chi connectivity index (χ1) is 8.19. The van der Waals surface area contributed by atoms with Gasteiger partial charge < -0.3 is 10.8 Å². The second kappa shape index (κ2) is 6.73. The molecule has 0 aliphatic rings. The molecule has 0 aliphatic heterocycles. The van der Waals surface area contributed by atoms with Crippen LogP contribution in [-0.4, -0.2) is 35.3 Å². The summed E-state index contributed by atoms with van der Waals surface area (Å²) in [6.45, 7) is 12.0. The molecule has 19 heavy (non-hydrogen) atoms. The molecule has 0 saturated carbocycles. The summed E-state index contributed by atoms with van der Waals surface area (Å²) in [6.07, 6.45) is 0. The standard InChI is InChI=1S/C12H25NO2S4/c1-10(2,3)18-8(17)7(16)12(13,9(14)15)19-11(4,5)6/h7-8,16-17H,13H2,1-6H3,(H,14,15). The molecule has 3 N–H and O–H groups in total. The lowest BCUT2D eigenvalue weighted by molar-refractivity contribution is -0.139. The number of aliphatic carboxylic acids is 1. The van der Waals surface area contributed by atoms with Crippen molar-refractivity contribution in [2.45, 2.75) is 65.7 Å². The summed E-state index contributed by atoms with van der Waals surface area (Å²) < 4.78 is -0.563. The predicted octanol–water partition coefficient (Wildman–Crippen LogP) is 3.34. The van der Waals surface area contributed by atoms with Crippen molar-refractivity contribution >= 4 is 54.8 Å². The maximum atomic E-state index is 11.6. The molecule has 0 fully saturated rings. The summed E-state index contributed by atoms with van der Waals surface area (Å²) in [5.41, 5.74) is 6.12. The Bertz CT molecular complexity index is 325. The number of thiol groups is 2. The van der Waals surface area contributed by atoms with Crippen molar-refractivity contribution in [3.05, 3.63) is 0 Å². The van der Waals surface area contributed by atoms with Gasteiger partial charge in [-0.15, -0.1) is 23.5 Å². The third-order valence-corrected chi connectivity index (χ3v) is 6.52. The van der Waals surface area contributed by atoms with Gasteiger partial charge in [-0.2, -0.15) is 25.3 Å². The van der Waals surface area contributed by atoms with E-state index in [-0.39, 0.29) is 14.1 Å². The monoisotopic (exact) mass is 343 g/mol. The van der Waals surface area contributed by atoms with Crippen LogP contribution >= 0.6 is 48.8 Å². The molecule has 0 spiro atoms. The summed E-state index contributed by atoms with van der Waals surface area (Å²) in [6, 6.07) is 0. The van der Waals surface area contributed by atoms with Gasteiger partial charge in [0.1, 0.15) is 0 Å². The van der Waals surface area contributed by atoms with Crippen molar-refractivity contribution in [3.63, 3.8) is 0 Å². The van der Waals surface area contributed by atoms with E-state index in [2.05, 4.69) is 46.0 Å². The Kier molecular flexibility index (Phi) is 7.02. The highest BCUT2D eigenvalue weighted by molar-refractivity contribution is 8.12. The number of carboxylic acids is 1. The molecule has 3 unspecified atom stereocenters. The van der Waals surface area contributed by atoms with Crippen LogP contribution in [0.15, 0.2) is 0 Å². The van der Waals surface area contributed by atoms with Crippen molar-refractivity contribution in [1.29, 1.82) is 0 Å². The maximum absolute atomic E-state index is 11.6. The summed E-state index contributed by atoms with van der Waals surface area (Å²) in [5.74, 6) is -1.05. The minimum Gasteiger partial charge on any atom is -0.479 e. The maximum Gasteiger partial charge on any atom is 0.335 e. The average molecular weight is 344 g/mol. The van der Waals surface area contributed by atoms with Crippen molar-refractivity contribution in [2.75, 3.05) is 0 Å². The van der Waals surface area contributed by atoms with E-state index in [1.54, 1.807) is 11.8 Å². The minimum absolute atomic E-state index is 0.0286. The van der Waals surface area contributed by atoms with Crippen LogP contribution in [0.25, 0.3) is 0 Å². The van der Waals surface area contributed by atoms with E-state index in [0.717, 1.165) is 0 Å². The highest BCUT2D eigenvalue weighted by Gasteiger charge is 2.47. The Labute approximate surface area is 136 Å². The molecule has 0 saturated heterocycles. The quantitative estimate of drug-likeness (QED) is 0.455. The van der Waals surface area contributed by atoms with Crippen LogP contribution in [0.3, 0.4) is 0 Å². The Hall–Kier alpha value is 0.830. The summed E-state index contributed by atoms with van der Waals surface area (Å²) in [4.78, 5) is 10.1. The number of carbonyl (C=O) groups is 1. The van der Waals surface area contributed by atoms with Gasteiger partial charge in [0.25, 0.3) is 0 Å². The Balaban J connectivity index is 5.14. The molecule has 0 aromatic carbocycles. The molecule has 0 aromatic heterocycles. The van der Waals surface area contributed by atoms with E-state index in [1.807, 2.05) is 20.8 Å². The van der Waals surface area contributed by atoms with Gasteiger partial charge in [-0.25, -0.2) is 4.79 Å². The number of carboxylic acid groups (broad SMARTS) is 1. The molecule has 0 heterocycles. The Morgan fingerprint density at radius 2 is 1.53 bits per heavy atom. The Morgan fingerprint density at radius 3 is 1.79 bits per heavy atom. The summed E-state index contributed by atoms with van der Waals surface area (Å²) in [5, 5.41) is 8.91. The third kappa shape index (κ3) is 6.89. The van der Waals surface area contributed by atoms with Crippen LogP contribution in [0.4, 0.5) is 0 Å². The number of rotatable bonds is 5. The van der Waals surface area contributed by atoms with Gasteiger partial charge in [0.2, 0.25) is 0 Å². The predicted molar refractivity (Wildman–Crippen MR) is 94.8 cm³/mol. The fourth-order valence-electron chi connectivity index (χ4n) is 1.38. The second-order valence-corrected chi connectivity index (χ2v) is 11.9. The van der Waals surface area contributed by atoms with Crippen molar-refractivity contribution in [3.8, 4) is 0 Å². The SMILES string of the molecule is CC(C)(C)SC(S)C(S)C(N)(SC(C)(C)C)C(=O)O. The number of nitrogens with two attached hydrogens (primary N) is 1. The van der Waals surface area contributed by atoms with E-state index in [1.165, 1.54) is 11.8 Å². The molecule has 0 aromatic rings. The zero-order chi connectivity index (χ0) is 15.6. The largest absolute Gasteiger partial charge is 0.479 e. The van der Waals surface area contributed by atoms with Crippen LogP contribution in [0.5, 0.6) is 0 Å². The molecular formula is C12H25NO2S4. The first-order valence-corrected chi connectivity index (χ1v) is 8.68. The van der Waals surface area contributed by atoms with E-state index >= 15 is 0 Å². The first kappa shape index (κ1) is 19.8. The fraction of sp³-hybridized carbons (Fsp3) is 0.917. The zero-order valence-corrected chi connectivity index (χ0v) is 15.7. The van der Waals surface area contributed by atoms with E-state index < -0.39 is 16.1 Å². The molecule has 7 heteroatoms. The number of hydrogen-bond donors (Lipinski definition) is 4. The van der Waals surface area contributed by atoms with Gasteiger partial charge in [0, 0.05) is 9.49 Å². The van der Waals surface area contributed by atoms with Crippen LogP contribution in [0.1, 0.15) is 41.5 Å². The molecule has 3 atom stereocenters. The summed E-state index contributed by atoms with van der Waals surface area (Å²) >= 11 is 11.7. The molecule has 3 nitrogen and oxygen atoms in total. The topological polar surface area (TPSA) is 63.3 Å². The van der Waals surface area contributed by atoms with Gasteiger partial charge in [0.05, 0.1) is 9.83 Å². The van der Waals surface area contributed by atoms with Crippen LogP contribution < -0.4 is 5.73 Å². The fourth-order valence-corrected chi connectivity index (χ4v) is 5.62. The molecule has 0 aliphatic carbocycles. The zero-order valence-electron chi connectivity index (χ0n) is 12.3. The normalized spacial score (nSPS) is 19.6. The molecule has 0 amide bonds. The van der Waals surface area contributed by atoms with Crippen molar-refractivity contribution in [2.24, 2.45) is 5.73 Å². The number of hydrogen-bond acceptors (Lipinski definition) is 6. The Morgan fingerprint density at radius 1 is 1.11 bits per heavy atom. The molecular weight excluding hydrogens is 318 g/mol. The van der Waals surface area contributed by atoms with Gasteiger partial charge in [-0.3, -0.25) is 0 Å². The van der Waals surface area contributed by atoms with E-state index in [9.17, 15) is 9.90 Å². The molecule has 0 rings (SSSR count). The summed E-state index contributed by atoms with van der Waals surface area (Å²) in [7, 11) is 0. The minimum atomic E-state index is -1.47. The molecule has 114 valence electrons. The second-order valence-electron chi connectivity index (χ2n) is 6.38. The lowest BCUT2D eigenvalue weighted by atomic mass is 10.2. The highest BCUT2D eigenvalue weighted by atomic mass is 32.2. The van der Waals surface area contributed by atoms with Crippen molar-refractivity contribution in [1.82, 2.24) is 0 Å². The molecule has 0 radical (unpaired) electrons. The van der Waals surface area contributed by atoms with Gasteiger partial charge in [-0.05, 0) is 0 Å². The average Bonchev–Trinajstić information content (AvgIpc) is 2.10. The van der Waals surface area contributed by atoms with Crippen LogP contribution in [-0.2, 0) is 4.79 Å². The van der Waals surface area contributed by atoms with Gasteiger partial charge in [-0.1, -0.05) is 41.5 Å². The third-order valence-electron chi connectivity index (χ3n) is 1.99. The van der Waals surface area contributed by atoms with Gasteiger partial charge in [0.15, 0.2) is 4.87 Å².